The zero-order chi connectivity index (χ0) is 13.2. The Hall–Kier alpha value is -1.42. The molecular formula is C10H4BrF4NO. The molecule has 7 heteroatoms. The maximum atomic E-state index is 13.3. The van der Waals surface area contributed by atoms with Crippen LogP contribution in [0, 0.1) is 17.1 Å². The number of benzene rings is 1. The number of ketones is 1. The predicted molar refractivity (Wildman–Crippen MR) is 54.2 cm³/mol. The van der Waals surface area contributed by atoms with E-state index in [0.717, 1.165) is 6.07 Å². The van der Waals surface area contributed by atoms with Gasteiger partial charge in [0.1, 0.15) is 11.4 Å². The zero-order valence-electron chi connectivity index (χ0n) is 8.11. The molecule has 0 fully saturated rings. The van der Waals surface area contributed by atoms with Crippen LogP contribution in [0.2, 0.25) is 0 Å². The highest BCUT2D eigenvalue weighted by Gasteiger charge is 2.37. The minimum atomic E-state index is -4.97. The van der Waals surface area contributed by atoms with Gasteiger partial charge in [0.05, 0.1) is 17.0 Å². The summed E-state index contributed by atoms with van der Waals surface area (Å²) in [5.74, 6) is -2.23. The molecule has 0 aliphatic rings. The van der Waals surface area contributed by atoms with Gasteiger partial charge in [0.2, 0.25) is 0 Å². The molecule has 0 spiro atoms. The van der Waals surface area contributed by atoms with Crippen LogP contribution in [-0.4, -0.2) is 11.1 Å². The van der Waals surface area contributed by atoms with E-state index in [1.807, 2.05) is 0 Å². The smallest absolute Gasteiger partial charge is 0.293 e. The van der Waals surface area contributed by atoms with E-state index in [1.165, 1.54) is 6.07 Å². The van der Waals surface area contributed by atoms with E-state index in [1.54, 1.807) is 0 Å². The van der Waals surface area contributed by atoms with E-state index in [-0.39, 0.29) is 10.9 Å². The second-order valence-electron chi connectivity index (χ2n) is 3.05. The van der Waals surface area contributed by atoms with Crippen LogP contribution in [0.3, 0.4) is 0 Å². The summed E-state index contributed by atoms with van der Waals surface area (Å²) >= 11 is 2.80. The van der Waals surface area contributed by atoms with Gasteiger partial charge in [-0.3, -0.25) is 4.79 Å². The molecule has 17 heavy (non-hydrogen) atoms. The average molecular weight is 310 g/mol. The van der Waals surface area contributed by atoms with Crippen molar-refractivity contribution in [3.63, 3.8) is 0 Å². The molecule has 0 N–H and O–H groups in total. The minimum Gasteiger partial charge on any atom is -0.293 e. The number of carbonyl (C=O) groups is 1. The third-order valence-corrected chi connectivity index (χ3v) is 2.45. The van der Waals surface area contributed by atoms with Crippen molar-refractivity contribution in [3.05, 3.63) is 34.6 Å². The van der Waals surface area contributed by atoms with Gasteiger partial charge in [-0.25, -0.2) is 4.39 Å². The van der Waals surface area contributed by atoms with Crippen LogP contribution in [0.25, 0.3) is 0 Å². The van der Waals surface area contributed by atoms with Crippen molar-refractivity contribution < 1.29 is 22.4 Å². The normalized spacial score (nSPS) is 11.1. The number of rotatable bonds is 2. The van der Waals surface area contributed by atoms with Crippen LogP contribution in [0.4, 0.5) is 17.6 Å². The SMILES string of the molecule is N#Cc1cc(C(=O)CBr)cc(F)c1C(F)(F)F. The van der Waals surface area contributed by atoms with Crippen LogP contribution in [0.5, 0.6) is 0 Å². The van der Waals surface area contributed by atoms with E-state index >= 15 is 0 Å². The van der Waals surface area contributed by atoms with Crippen molar-refractivity contribution >= 4 is 21.7 Å². The molecule has 90 valence electrons. The molecule has 1 rings (SSSR count). The number of alkyl halides is 4. The summed E-state index contributed by atoms with van der Waals surface area (Å²) in [5, 5.41) is 8.38. The largest absolute Gasteiger partial charge is 0.420 e. The average Bonchev–Trinajstić information content (AvgIpc) is 2.24. The van der Waals surface area contributed by atoms with Gasteiger partial charge in [-0.2, -0.15) is 18.4 Å². The lowest BCUT2D eigenvalue weighted by Crippen LogP contribution is -2.13. The molecule has 0 aliphatic carbocycles. The van der Waals surface area contributed by atoms with Gasteiger partial charge in [0.15, 0.2) is 5.78 Å². The molecule has 1 aromatic carbocycles. The van der Waals surface area contributed by atoms with E-state index in [2.05, 4.69) is 15.9 Å². The summed E-state index contributed by atoms with van der Waals surface area (Å²) in [6.45, 7) is 0. The number of nitriles is 1. The summed E-state index contributed by atoms with van der Waals surface area (Å²) in [5.41, 5.74) is -2.82. The van der Waals surface area contributed by atoms with Crippen molar-refractivity contribution in [3.8, 4) is 6.07 Å². The highest BCUT2D eigenvalue weighted by atomic mass is 79.9. The zero-order valence-corrected chi connectivity index (χ0v) is 9.69. The van der Waals surface area contributed by atoms with Crippen molar-refractivity contribution in [1.29, 1.82) is 5.26 Å². The Morgan fingerprint density at radius 2 is 2.00 bits per heavy atom. The van der Waals surface area contributed by atoms with E-state index < -0.39 is 28.9 Å². The van der Waals surface area contributed by atoms with Gasteiger partial charge in [-0.05, 0) is 12.1 Å². The third kappa shape index (κ3) is 2.82. The first-order valence-corrected chi connectivity index (χ1v) is 5.33. The van der Waals surface area contributed by atoms with Gasteiger partial charge in [0.25, 0.3) is 0 Å². The number of nitrogens with zero attached hydrogens (tertiary/aromatic N) is 1. The molecule has 2 nitrogen and oxygen atoms in total. The van der Waals surface area contributed by atoms with Gasteiger partial charge >= 0.3 is 6.18 Å². The number of hydrogen-bond acceptors (Lipinski definition) is 2. The van der Waals surface area contributed by atoms with Crippen LogP contribution in [0.15, 0.2) is 12.1 Å². The van der Waals surface area contributed by atoms with Crippen molar-refractivity contribution in [2.24, 2.45) is 0 Å². The van der Waals surface area contributed by atoms with Gasteiger partial charge in [-0.1, -0.05) is 15.9 Å². The molecule has 0 heterocycles. The fourth-order valence-electron chi connectivity index (χ4n) is 1.22. The van der Waals surface area contributed by atoms with Crippen LogP contribution in [0.1, 0.15) is 21.5 Å². The lowest BCUT2D eigenvalue weighted by molar-refractivity contribution is -0.140. The molecule has 0 atom stereocenters. The number of Topliss-reactive ketones (excluding diaryl/α,β-unsaturated/α-hetero) is 1. The standard InChI is InChI=1S/C10H4BrF4NO/c11-3-8(17)5-1-6(4-16)9(7(12)2-5)10(13,14)15/h1-2H,3H2. The van der Waals surface area contributed by atoms with Crippen molar-refractivity contribution in [2.75, 3.05) is 5.33 Å². The molecule has 0 bridgehead atoms. The Kier molecular flexibility index (Phi) is 3.88. The summed E-state index contributed by atoms with van der Waals surface area (Å²) < 4.78 is 50.5. The topological polar surface area (TPSA) is 40.9 Å². The molecule has 0 unspecified atom stereocenters. The predicted octanol–water partition coefficient (Wildman–Crippen LogP) is 3.29. The lowest BCUT2D eigenvalue weighted by Gasteiger charge is -2.10. The van der Waals surface area contributed by atoms with Crippen LogP contribution < -0.4 is 0 Å². The Labute approximate surface area is 102 Å². The summed E-state index contributed by atoms with van der Waals surface area (Å²) in [4.78, 5) is 11.2. The maximum absolute atomic E-state index is 13.3. The Morgan fingerprint density at radius 1 is 1.41 bits per heavy atom. The summed E-state index contributed by atoms with van der Waals surface area (Å²) in [7, 11) is 0. The first-order chi connectivity index (χ1) is 7.81. The molecular weight excluding hydrogens is 306 g/mol. The Balaban J connectivity index is 3.48. The molecule has 0 saturated carbocycles. The molecule has 0 aliphatic heterocycles. The van der Waals surface area contributed by atoms with Crippen molar-refractivity contribution in [2.45, 2.75) is 6.18 Å². The molecule has 0 radical (unpaired) electrons. The second kappa shape index (κ2) is 4.84. The third-order valence-electron chi connectivity index (χ3n) is 1.94. The van der Waals surface area contributed by atoms with Crippen LogP contribution >= 0.6 is 15.9 Å². The maximum Gasteiger partial charge on any atom is 0.420 e. The molecule has 1 aromatic rings. The molecule has 0 aromatic heterocycles. The number of carbonyl (C=O) groups excluding carboxylic acids is 1. The summed E-state index contributed by atoms with van der Waals surface area (Å²) in [6.07, 6.45) is -4.97. The first-order valence-electron chi connectivity index (χ1n) is 4.21. The van der Waals surface area contributed by atoms with E-state index in [4.69, 9.17) is 5.26 Å². The fraction of sp³-hybridized carbons (Fsp3) is 0.200. The lowest BCUT2D eigenvalue weighted by atomic mass is 10.0. The second-order valence-corrected chi connectivity index (χ2v) is 3.61. The first kappa shape index (κ1) is 13.6. The number of hydrogen-bond donors (Lipinski definition) is 0. The summed E-state index contributed by atoms with van der Waals surface area (Å²) in [6, 6.07) is 2.45. The van der Waals surface area contributed by atoms with E-state index in [0.29, 0.717) is 6.07 Å². The highest BCUT2D eigenvalue weighted by molar-refractivity contribution is 9.09. The van der Waals surface area contributed by atoms with E-state index in [9.17, 15) is 22.4 Å². The minimum absolute atomic E-state index is 0.164. The Morgan fingerprint density at radius 3 is 2.41 bits per heavy atom. The quantitative estimate of drug-likeness (QED) is 0.478. The van der Waals surface area contributed by atoms with Gasteiger partial charge < -0.3 is 0 Å². The number of halogens is 5. The van der Waals surface area contributed by atoms with Crippen molar-refractivity contribution in [1.82, 2.24) is 0 Å². The monoisotopic (exact) mass is 309 g/mol. The van der Waals surface area contributed by atoms with Crippen LogP contribution in [-0.2, 0) is 6.18 Å². The molecule has 0 saturated heterocycles. The van der Waals surface area contributed by atoms with Gasteiger partial charge in [0, 0.05) is 5.56 Å². The fourth-order valence-corrected chi connectivity index (χ4v) is 1.54. The highest BCUT2D eigenvalue weighted by Crippen LogP contribution is 2.34. The molecule has 0 amide bonds. The Bertz CT molecular complexity index is 504. The van der Waals surface area contributed by atoms with Gasteiger partial charge in [-0.15, -0.1) is 0 Å².